The number of hydrogen-bond donors (Lipinski definition) is 1. The van der Waals surface area contributed by atoms with E-state index in [1.807, 2.05) is 19.1 Å². The summed E-state index contributed by atoms with van der Waals surface area (Å²) in [5, 5.41) is 3.73. The number of nitrogens with zero attached hydrogens (tertiary/aromatic N) is 2. The first kappa shape index (κ1) is 19.1. The van der Waals surface area contributed by atoms with Gasteiger partial charge in [0.15, 0.2) is 6.10 Å². The lowest BCUT2D eigenvalue weighted by Gasteiger charge is -2.17. The molecular weight excluding hydrogens is 370 g/mol. The summed E-state index contributed by atoms with van der Waals surface area (Å²) in [6, 6.07) is 5.40. The quantitative estimate of drug-likeness (QED) is 0.670. The Balaban J connectivity index is 1.46. The number of aryl methyl sites for hydroxylation is 2. The fourth-order valence-corrected chi connectivity index (χ4v) is 3.59. The number of amides is 1. The summed E-state index contributed by atoms with van der Waals surface area (Å²) in [5.41, 5.74) is 3.60. The van der Waals surface area contributed by atoms with Crippen LogP contribution < -0.4 is 15.7 Å². The molecule has 150 valence electrons. The van der Waals surface area contributed by atoms with Gasteiger partial charge in [-0.15, -0.1) is 0 Å². The first-order valence-electron chi connectivity index (χ1n) is 9.82. The second-order valence-electron chi connectivity index (χ2n) is 7.34. The highest BCUT2D eigenvalue weighted by Gasteiger charge is 2.19. The van der Waals surface area contributed by atoms with E-state index in [1.54, 1.807) is 25.4 Å². The predicted octanol–water partition coefficient (Wildman–Crippen LogP) is 2.85. The molecule has 0 saturated carbocycles. The van der Waals surface area contributed by atoms with Gasteiger partial charge in [0, 0.05) is 23.2 Å². The molecule has 1 aliphatic carbocycles. The van der Waals surface area contributed by atoms with Crippen LogP contribution in [0.1, 0.15) is 42.3 Å². The molecule has 1 amide bonds. The number of rotatable bonds is 5. The first-order chi connectivity index (χ1) is 14.0. The Morgan fingerprint density at radius 3 is 2.76 bits per heavy atom. The average molecular weight is 393 g/mol. The first-order valence-corrected chi connectivity index (χ1v) is 9.82. The molecule has 4 rings (SSSR count). The van der Waals surface area contributed by atoms with Crippen LogP contribution in [0.2, 0.25) is 0 Å². The molecule has 0 aliphatic heterocycles. The van der Waals surface area contributed by atoms with E-state index in [4.69, 9.17) is 9.15 Å². The Hall–Kier alpha value is -3.22. The SMILES string of the molecule is Cc1cnc(CNC(=O)C(C)Oc2ccc3c4c(c(=O)oc3c2)CCCC4)cn1. The summed E-state index contributed by atoms with van der Waals surface area (Å²) in [6.07, 6.45) is 6.33. The minimum atomic E-state index is -0.713. The standard InChI is InChI=1S/C22H23N3O4/c1-13-10-24-15(11-23-13)12-25-21(26)14(2)28-16-7-8-18-17-5-3-4-6-19(17)22(27)29-20(18)9-16/h7-11,14H,3-6,12H2,1-2H3,(H,25,26). The maximum absolute atomic E-state index is 12.3. The van der Waals surface area contributed by atoms with Crippen molar-refractivity contribution in [3.8, 4) is 5.75 Å². The van der Waals surface area contributed by atoms with Crippen LogP contribution in [0.3, 0.4) is 0 Å². The molecule has 0 spiro atoms. The Kier molecular flexibility index (Phi) is 5.29. The number of nitrogens with one attached hydrogen (secondary N) is 1. The Bertz CT molecular complexity index is 1110. The fraction of sp³-hybridized carbons (Fsp3) is 0.364. The molecule has 1 unspecified atom stereocenters. The smallest absolute Gasteiger partial charge is 0.339 e. The van der Waals surface area contributed by atoms with Crippen LogP contribution in [0.25, 0.3) is 11.0 Å². The van der Waals surface area contributed by atoms with Crippen molar-refractivity contribution in [3.63, 3.8) is 0 Å². The highest BCUT2D eigenvalue weighted by Crippen LogP contribution is 2.29. The third-order valence-corrected chi connectivity index (χ3v) is 5.16. The summed E-state index contributed by atoms with van der Waals surface area (Å²) in [4.78, 5) is 33.0. The monoisotopic (exact) mass is 393 g/mol. The molecule has 1 atom stereocenters. The van der Waals surface area contributed by atoms with Gasteiger partial charge < -0.3 is 14.5 Å². The van der Waals surface area contributed by atoms with E-state index in [9.17, 15) is 9.59 Å². The van der Waals surface area contributed by atoms with E-state index in [1.165, 1.54) is 0 Å². The van der Waals surface area contributed by atoms with Crippen LogP contribution in [0.4, 0.5) is 0 Å². The summed E-state index contributed by atoms with van der Waals surface area (Å²) in [6.45, 7) is 3.80. The number of ether oxygens (including phenoxy) is 1. The highest BCUT2D eigenvalue weighted by molar-refractivity contribution is 5.83. The molecule has 1 aliphatic rings. The molecule has 0 radical (unpaired) electrons. The van der Waals surface area contributed by atoms with E-state index in [0.29, 0.717) is 17.0 Å². The van der Waals surface area contributed by atoms with Crippen molar-refractivity contribution < 1.29 is 13.9 Å². The molecule has 2 heterocycles. The molecule has 1 N–H and O–H groups in total. The molecule has 0 fully saturated rings. The van der Waals surface area contributed by atoms with Crippen molar-refractivity contribution in [2.45, 2.75) is 52.2 Å². The van der Waals surface area contributed by atoms with Crippen LogP contribution >= 0.6 is 0 Å². The maximum atomic E-state index is 12.3. The zero-order valence-corrected chi connectivity index (χ0v) is 16.5. The van der Waals surface area contributed by atoms with Gasteiger partial charge in [0.1, 0.15) is 11.3 Å². The van der Waals surface area contributed by atoms with Crippen molar-refractivity contribution in [1.82, 2.24) is 15.3 Å². The summed E-state index contributed by atoms with van der Waals surface area (Å²) < 4.78 is 11.3. The Morgan fingerprint density at radius 1 is 1.21 bits per heavy atom. The van der Waals surface area contributed by atoms with Gasteiger partial charge in [-0.3, -0.25) is 14.8 Å². The van der Waals surface area contributed by atoms with Gasteiger partial charge in [-0.1, -0.05) is 0 Å². The van der Waals surface area contributed by atoms with E-state index < -0.39 is 6.10 Å². The number of carbonyl (C=O) groups excluding carboxylic acids is 1. The summed E-state index contributed by atoms with van der Waals surface area (Å²) >= 11 is 0. The van der Waals surface area contributed by atoms with Gasteiger partial charge >= 0.3 is 5.63 Å². The zero-order chi connectivity index (χ0) is 20.4. The van der Waals surface area contributed by atoms with E-state index in [0.717, 1.165) is 47.9 Å². The second-order valence-corrected chi connectivity index (χ2v) is 7.34. The zero-order valence-electron chi connectivity index (χ0n) is 16.5. The largest absolute Gasteiger partial charge is 0.481 e. The lowest BCUT2D eigenvalue weighted by molar-refractivity contribution is -0.127. The molecule has 1 aromatic carbocycles. The van der Waals surface area contributed by atoms with Crippen LogP contribution in [0, 0.1) is 6.92 Å². The second kappa shape index (κ2) is 8.03. The molecule has 7 nitrogen and oxygen atoms in total. The average Bonchev–Trinajstić information content (AvgIpc) is 2.73. The minimum absolute atomic E-state index is 0.264. The highest BCUT2D eigenvalue weighted by atomic mass is 16.5. The molecule has 0 saturated heterocycles. The fourth-order valence-electron chi connectivity index (χ4n) is 3.59. The van der Waals surface area contributed by atoms with Crippen LogP contribution in [0.15, 0.2) is 39.8 Å². The number of carbonyl (C=O) groups is 1. The summed E-state index contributed by atoms with van der Waals surface area (Å²) in [5.74, 6) is 0.216. The summed E-state index contributed by atoms with van der Waals surface area (Å²) in [7, 11) is 0. The Morgan fingerprint density at radius 2 is 2.00 bits per heavy atom. The topological polar surface area (TPSA) is 94.3 Å². The molecule has 7 heteroatoms. The van der Waals surface area contributed by atoms with Crippen molar-refractivity contribution >= 4 is 16.9 Å². The molecule has 0 bridgehead atoms. The van der Waals surface area contributed by atoms with Gasteiger partial charge in [0.05, 0.1) is 24.1 Å². The van der Waals surface area contributed by atoms with E-state index in [-0.39, 0.29) is 18.1 Å². The van der Waals surface area contributed by atoms with Gasteiger partial charge in [-0.05, 0) is 57.2 Å². The number of aromatic nitrogens is 2. The lowest BCUT2D eigenvalue weighted by Crippen LogP contribution is -2.36. The molecule has 2 aromatic heterocycles. The molecular formula is C22H23N3O4. The van der Waals surface area contributed by atoms with Gasteiger partial charge in [0.25, 0.3) is 5.91 Å². The third-order valence-electron chi connectivity index (χ3n) is 5.16. The number of benzene rings is 1. The normalized spacial score (nSPS) is 14.3. The van der Waals surface area contributed by atoms with Gasteiger partial charge in [-0.2, -0.15) is 0 Å². The van der Waals surface area contributed by atoms with Gasteiger partial charge in [0.2, 0.25) is 0 Å². The minimum Gasteiger partial charge on any atom is -0.481 e. The van der Waals surface area contributed by atoms with Crippen molar-refractivity contribution in [2.24, 2.45) is 0 Å². The van der Waals surface area contributed by atoms with Crippen molar-refractivity contribution in [1.29, 1.82) is 0 Å². The van der Waals surface area contributed by atoms with E-state index >= 15 is 0 Å². The third kappa shape index (κ3) is 4.13. The number of fused-ring (bicyclic) bond motifs is 3. The van der Waals surface area contributed by atoms with Crippen LogP contribution in [-0.2, 0) is 24.2 Å². The van der Waals surface area contributed by atoms with Crippen molar-refractivity contribution in [2.75, 3.05) is 0 Å². The Labute approximate surface area is 168 Å². The van der Waals surface area contributed by atoms with Crippen molar-refractivity contribution in [3.05, 3.63) is 63.5 Å². The van der Waals surface area contributed by atoms with E-state index in [2.05, 4.69) is 15.3 Å². The van der Waals surface area contributed by atoms with Crippen LogP contribution in [-0.4, -0.2) is 22.0 Å². The lowest BCUT2D eigenvalue weighted by atomic mass is 9.91. The maximum Gasteiger partial charge on any atom is 0.339 e. The number of hydrogen-bond acceptors (Lipinski definition) is 6. The predicted molar refractivity (Wildman–Crippen MR) is 108 cm³/mol. The van der Waals surface area contributed by atoms with Gasteiger partial charge in [-0.25, -0.2) is 4.79 Å². The molecule has 29 heavy (non-hydrogen) atoms. The van der Waals surface area contributed by atoms with Crippen LogP contribution in [0.5, 0.6) is 5.75 Å². The molecule has 3 aromatic rings.